The summed E-state index contributed by atoms with van der Waals surface area (Å²) in [5, 5.41) is 0. The summed E-state index contributed by atoms with van der Waals surface area (Å²) in [4.78, 5) is 21.5. The summed E-state index contributed by atoms with van der Waals surface area (Å²) in [5.41, 5.74) is 2.47. The highest BCUT2D eigenvalue weighted by atomic mass is 16.1. The van der Waals surface area contributed by atoms with E-state index in [1.165, 1.54) is 0 Å². The highest BCUT2D eigenvalue weighted by molar-refractivity contribution is 6.09. The maximum Gasteiger partial charge on any atom is 0.149 e. The third-order valence-corrected chi connectivity index (χ3v) is 2.56. The molecule has 2 aliphatic heterocycles. The average Bonchev–Trinajstić information content (AvgIpc) is 2.16. The summed E-state index contributed by atoms with van der Waals surface area (Å²) >= 11 is 0. The molecule has 0 saturated carbocycles. The van der Waals surface area contributed by atoms with E-state index in [1.54, 1.807) is 0 Å². The molecule has 2 heterocycles. The molecule has 0 N–H and O–H groups in total. The Labute approximate surface area is 88.7 Å². The number of aliphatic imine (C=N–C) groups is 2. The Morgan fingerprint density at radius 1 is 1.33 bits per heavy atom. The van der Waals surface area contributed by atoms with Gasteiger partial charge >= 0.3 is 0 Å². The molecular formula is C11H13N3O. The molecular weight excluding hydrogens is 190 g/mol. The molecule has 0 amide bonds. The second kappa shape index (κ2) is 3.46. The number of hydrogen-bond acceptors (Lipinski definition) is 4. The first kappa shape index (κ1) is 9.83. The van der Waals surface area contributed by atoms with Gasteiger partial charge in [-0.05, 0) is 20.8 Å². The first-order chi connectivity index (χ1) is 7.11. The van der Waals surface area contributed by atoms with Crippen LogP contribution in [0.1, 0.15) is 20.8 Å². The smallest absolute Gasteiger partial charge is 0.149 e. The van der Waals surface area contributed by atoms with Gasteiger partial charge in [-0.2, -0.15) is 0 Å². The summed E-state index contributed by atoms with van der Waals surface area (Å²) in [6, 6.07) is 0. The Kier molecular flexibility index (Phi) is 2.26. The van der Waals surface area contributed by atoms with Gasteiger partial charge < -0.3 is 4.90 Å². The molecule has 0 aliphatic carbocycles. The van der Waals surface area contributed by atoms with Crippen molar-refractivity contribution in [3.05, 3.63) is 23.0 Å². The Hall–Kier alpha value is -1.71. The maximum atomic E-state index is 10.8. The molecule has 0 fully saturated rings. The molecule has 4 heteroatoms. The van der Waals surface area contributed by atoms with E-state index in [1.807, 2.05) is 31.7 Å². The first-order valence-corrected chi connectivity index (χ1v) is 4.86. The summed E-state index contributed by atoms with van der Waals surface area (Å²) in [6.07, 6.45) is 2.80. The quantitative estimate of drug-likeness (QED) is 0.606. The molecule has 15 heavy (non-hydrogen) atoms. The summed E-state index contributed by atoms with van der Waals surface area (Å²) in [6.45, 7) is 6.30. The highest BCUT2D eigenvalue weighted by Gasteiger charge is 2.23. The normalized spacial score (nSPS) is 20.5. The fourth-order valence-electron chi connectivity index (χ4n) is 1.72. The Balaban J connectivity index is 2.46. The van der Waals surface area contributed by atoms with Crippen LogP contribution in [0.5, 0.6) is 0 Å². The van der Waals surface area contributed by atoms with Gasteiger partial charge in [-0.3, -0.25) is 4.79 Å². The molecule has 0 spiro atoms. The van der Waals surface area contributed by atoms with Crippen LogP contribution in [0.4, 0.5) is 0 Å². The second-order valence-corrected chi connectivity index (χ2v) is 3.73. The van der Waals surface area contributed by atoms with E-state index < -0.39 is 0 Å². The van der Waals surface area contributed by atoms with Gasteiger partial charge in [0.05, 0.1) is 6.54 Å². The predicted molar refractivity (Wildman–Crippen MR) is 59.8 cm³/mol. The van der Waals surface area contributed by atoms with Crippen LogP contribution in [0.15, 0.2) is 33.0 Å². The lowest BCUT2D eigenvalue weighted by Gasteiger charge is -2.30. The van der Waals surface area contributed by atoms with Gasteiger partial charge in [-0.1, -0.05) is 0 Å². The molecule has 0 unspecified atom stereocenters. The molecule has 0 aromatic heterocycles. The minimum absolute atomic E-state index is 0.577. The minimum Gasteiger partial charge on any atom is -0.310 e. The number of rotatable bonds is 1. The number of amidine groups is 2. The molecule has 2 aliphatic rings. The van der Waals surface area contributed by atoms with Crippen molar-refractivity contribution in [2.45, 2.75) is 20.8 Å². The van der Waals surface area contributed by atoms with Crippen LogP contribution in [-0.4, -0.2) is 29.4 Å². The number of hydrogen-bond donors (Lipinski definition) is 0. The van der Waals surface area contributed by atoms with E-state index >= 15 is 0 Å². The van der Waals surface area contributed by atoms with Gasteiger partial charge in [-0.25, -0.2) is 9.98 Å². The van der Waals surface area contributed by atoms with Crippen LogP contribution in [0, 0.1) is 0 Å². The fourth-order valence-corrected chi connectivity index (χ4v) is 1.72. The standard InChI is InChI=1S/C11H13N3O/c1-7-4-11-13-8(2)10(6-15)5-14(11)9(3)12-7/h4,6H,5H2,1-3H3. The largest absolute Gasteiger partial charge is 0.310 e. The molecule has 0 radical (unpaired) electrons. The van der Waals surface area contributed by atoms with Crippen molar-refractivity contribution in [2.75, 3.05) is 6.54 Å². The zero-order valence-electron chi connectivity index (χ0n) is 9.11. The van der Waals surface area contributed by atoms with E-state index in [9.17, 15) is 4.79 Å². The predicted octanol–water partition coefficient (Wildman–Crippen LogP) is 1.51. The number of carbonyl (C=O) groups excluding carboxylic acids is 1. The Bertz CT molecular complexity index is 441. The van der Waals surface area contributed by atoms with Crippen molar-refractivity contribution >= 4 is 18.0 Å². The third kappa shape index (κ3) is 1.63. The summed E-state index contributed by atoms with van der Waals surface area (Å²) in [5.74, 6) is 1.77. The lowest BCUT2D eigenvalue weighted by Crippen LogP contribution is -2.40. The molecule has 0 atom stereocenters. The SMILES string of the molecule is CC1=CC2=NC(C)=C(C=O)CN2C(C)=N1. The van der Waals surface area contributed by atoms with Crippen molar-refractivity contribution in [3.63, 3.8) is 0 Å². The Morgan fingerprint density at radius 3 is 2.73 bits per heavy atom. The fraction of sp³-hybridized carbons (Fsp3) is 0.364. The molecule has 0 bridgehead atoms. The van der Waals surface area contributed by atoms with Gasteiger partial charge in [0.1, 0.15) is 18.0 Å². The lowest BCUT2D eigenvalue weighted by molar-refractivity contribution is -0.105. The summed E-state index contributed by atoms with van der Waals surface area (Å²) in [7, 11) is 0. The number of nitrogens with zero attached hydrogens (tertiary/aromatic N) is 3. The first-order valence-electron chi connectivity index (χ1n) is 4.86. The number of aldehydes is 1. The van der Waals surface area contributed by atoms with E-state index in [-0.39, 0.29) is 0 Å². The van der Waals surface area contributed by atoms with Crippen LogP contribution in [-0.2, 0) is 4.79 Å². The minimum atomic E-state index is 0.577. The maximum absolute atomic E-state index is 10.8. The zero-order chi connectivity index (χ0) is 11.0. The van der Waals surface area contributed by atoms with Crippen LogP contribution in [0.2, 0.25) is 0 Å². The van der Waals surface area contributed by atoms with Crippen molar-refractivity contribution in [3.8, 4) is 0 Å². The van der Waals surface area contributed by atoms with Crippen molar-refractivity contribution in [1.29, 1.82) is 0 Å². The van der Waals surface area contributed by atoms with Crippen molar-refractivity contribution < 1.29 is 4.79 Å². The van der Waals surface area contributed by atoms with Gasteiger partial charge in [-0.15, -0.1) is 0 Å². The number of carbonyl (C=O) groups is 1. The van der Waals surface area contributed by atoms with Crippen LogP contribution < -0.4 is 0 Å². The van der Waals surface area contributed by atoms with Gasteiger partial charge in [0, 0.05) is 23.0 Å². The lowest BCUT2D eigenvalue weighted by atomic mass is 10.1. The number of allylic oxidation sites excluding steroid dienone is 2. The number of fused-ring (bicyclic) bond motifs is 1. The summed E-state index contributed by atoms with van der Waals surface area (Å²) < 4.78 is 0. The van der Waals surface area contributed by atoms with Gasteiger partial charge in [0.2, 0.25) is 0 Å². The molecule has 4 nitrogen and oxygen atoms in total. The molecule has 78 valence electrons. The second-order valence-electron chi connectivity index (χ2n) is 3.73. The van der Waals surface area contributed by atoms with Crippen LogP contribution in [0.25, 0.3) is 0 Å². The van der Waals surface area contributed by atoms with E-state index in [4.69, 9.17) is 0 Å². The Morgan fingerprint density at radius 2 is 2.07 bits per heavy atom. The van der Waals surface area contributed by atoms with Crippen LogP contribution >= 0.6 is 0 Å². The molecule has 2 rings (SSSR count). The van der Waals surface area contributed by atoms with E-state index in [0.717, 1.165) is 34.9 Å². The molecule has 0 aromatic rings. The van der Waals surface area contributed by atoms with E-state index in [0.29, 0.717) is 6.54 Å². The topological polar surface area (TPSA) is 45.0 Å². The molecule has 0 saturated heterocycles. The van der Waals surface area contributed by atoms with Crippen molar-refractivity contribution in [1.82, 2.24) is 4.90 Å². The highest BCUT2D eigenvalue weighted by Crippen LogP contribution is 2.19. The van der Waals surface area contributed by atoms with Gasteiger partial charge in [0.15, 0.2) is 0 Å². The van der Waals surface area contributed by atoms with Crippen molar-refractivity contribution in [2.24, 2.45) is 9.98 Å². The third-order valence-electron chi connectivity index (χ3n) is 2.56. The molecule has 0 aromatic carbocycles. The van der Waals surface area contributed by atoms with Gasteiger partial charge in [0.25, 0.3) is 0 Å². The van der Waals surface area contributed by atoms with Crippen LogP contribution in [0.3, 0.4) is 0 Å². The monoisotopic (exact) mass is 203 g/mol. The average molecular weight is 203 g/mol. The van der Waals surface area contributed by atoms with E-state index in [2.05, 4.69) is 9.98 Å². The zero-order valence-corrected chi connectivity index (χ0v) is 9.11.